The van der Waals surface area contributed by atoms with Crippen molar-refractivity contribution >= 4 is 5.97 Å². The monoisotopic (exact) mass is 519 g/mol. The number of aliphatic carboxylic acids is 1. The molecular weight excluding hydrogens is 482 g/mol. The largest absolute Gasteiger partial charge is 0.497 e. The number of ether oxygens (including phenoxy) is 4. The van der Waals surface area contributed by atoms with Gasteiger partial charge in [0.05, 0.1) is 27.9 Å². The molecule has 0 spiro atoms. The van der Waals surface area contributed by atoms with Crippen molar-refractivity contribution < 1.29 is 28.8 Å². The maximum absolute atomic E-state index is 9.25. The predicted molar refractivity (Wildman–Crippen MR) is 148 cm³/mol. The second-order valence-corrected chi connectivity index (χ2v) is 8.81. The normalized spacial score (nSPS) is 13.2. The second-order valence-electron chi connectivity index (χ2n) is 8.81. The Morgan fingerprint density at radius 3 is 1.42 bits per heavy atom. The Morgan fingerprint density at radius 2 is 1.13 bits per heavy atom. The Labute approximate surface area is 225 Å². The van der Waals surface area contributed by atoms with Crippen molar-refractivity contribution in [2.24, 2.45) is 0 Å². The zero-order valence-electron chi connectivity index (χ0n) is 22.4. The third-order valence-electron chi connectivity index (χ3n) is 6.59. The molecule has 1 saturated heterocycles. The molecule has 1 fully saturated rings. The van der Waals surface area contributed by atoms with E-state index in [1.165, 1.54) is 12.8 Å². The maximum Gasteiger partial charge on any atom is 0.327 e. The van der Waals surface area contributed by atoms with Gasteiger partial charge in [-0.05, 0) is 79.0 Å². The molecule has 0 aliphatic carbocycles. The number of likely N-dealkylation sites (tertiary alicyclic amines) is 1. The Morgan fingerprint density at radius 1 is 0.789 bits per heavy atom. The van der Waals surface area contributed by atoms with Crippen LogP contribution < -0.4 is 14.2 Å². The summed E-state index contributed by atoms with van der Waals surface area (Å²) in [6.07, 6.45) is 3.36. The van der Waals surface area contributed by atoms with Crippen molar-refractivity contribution in [1.82, 2.24) is 4.90 Å². The van der Waals surface area contributed by atoms with E-state index >= 15 is 0 Å². The summed E-state index contributed by atoms with van der Waals surface area (Å²) in [5, 5.41) is 7.60. The quantitative estimate of drug-likeness (QED) is 0.269. The zero-order chi connectivity index (χ0) is 27.4. The van der Waals surface area contributed by atoms with Gasteiger partial charge in [-0.1, -0.05) is 43.0 Å². The summed E-state index contributed by atoms with van der Waals surface area (Å²) in [4.78, 5) is 11.7. The lowest BCUT2D eigenvalue weighted by Gasteiger charge is -2.36. The number of carboxylic acids is 1. The van der Waals surface area contributed by atoms with Gasteiger partial charge in [0.2, 0.25) is 0 Å². The van der Waals surface area contributed by atoms with E-state index in [9.17, 15) is 4.79 Å². The highest BCUT2D eigenvalue weighted by atomic mass is 16.5. The molecule has 3 aromatic rings. The van der Waals surface area contributed by atoms with E-state index in [2.05, 4.69) is 47.9 Å². The van der Waals surface area contributed by atoms with Crippen LogP contribution in [-0.4, -0.2) is 63.5 Å². The SMILES string of the molecule is C=CC(=O)O.COc1ccc(C(OCCN2CCCC2)(c2ccc(OC)cc2)c2ccc(OC)cc2)cc1. The fourth-order valence-electron chi connectivity index (χ4n) is 4.56. The summed E-state index contributed by atoms with van der Waals surface area (Å²) in [5.74, 6) is 1.46. The van der Waals surface area contributed by atoms with Gasteiger partial charge in [0.25, 0.3) is 0 Å². The molecule has 7 heteroatoms. The van der Waals surface area contributed by atoms with Crippen LogP contribution in [0.5, 0.6) is 17.2 Å². The van der Waals surface area contributed by atoms with Crippen LogP contribution in [0.2, 0.25) is 0 Å². The molecule has 0 amide bonds. The van der Waals surface area contributed by atoms with Crippen LogP contribution in [0.3, 0.4) is 0 Å². The summed E-state index contributed by atoms with van der Waals surface area (Å²) in [6.45, 7) is 6.77. The van der Waals surface area contributed by atoms with Gasteiger partial charge in [-0.2, -0.15) is 0 Å². The number of carbonyl (C=O) groups is 1. The van der Waals surface area contributed by atoms with Gasteiger partial charge in [-0.25, -0.2) is 4.79 Å². The number of rotatable bonds is 11. The molecule has 4 rings (SSSR count). The van der Waals surface area contributed by atoms with E-state index in [1.54, 1.807) is 21.3 Å². The standard InChI is InChI=1S/C28H33NO4.C3H4O2/c1-30-25-12-6-22(7-13-25)28(23-8-14-26(31-2)15-9-23,24-10-16-27(32-3)17-11-24)33-21-20-29-18-4-5-19-29;1-2-3(4)5/h6-17H,4-5,18-21H2,1-3H3;2H,1H2,(H,4,5). The smallest absolute Gasteiger partial charge is 0.327 e. The van der Waals surface area contributed by atoms with Crippen molar-refractivity contribution in [2.75, 3.05) is 47.6 Å². The summed E-state index contributed by atoms with van der Waals surface area (Å²) in [5.41, 5.74) is 2.34. The molecular formula is C31H37NO6. The number of hydrogen-bond acceptors (Lipinski definition) is 6. The van der Waals surface area contributed by atoms with Gasteiger partial charge >= 0.3 is 5.97 Å². The number of benzene rings is 3. The van der Waals surface area contributed by atoms with E-state index in [0.29, 0.717) is 6.61 Å². The lowest BCUT2D eigenvalue weighted by atomic mass is 9.80. The minimum atomic E-state index is -0.981. The Kier molecular flexibility index (Phi) is 10.8. The Balaban J connectivity index is 0.000000732. The molecule has 1 heterocycles. The van der Waals surface area contributed by atoms with Crippen LogP contribution in [0.1, 0.15) is 29.5 Å². The number of hydrogen-bond donors (Lipinski definition) is 1. The van der Waals surface area contributed by atoms with Gasteiger partial charge in [-0.3, -0.25) is 0 Å². The van der Waals surface area contributed by atoms with Gasteiger partial charge in [0, 0.05) is 12.6 Å². The lowest BCUT2D eigenvalue weighted by molar-refractivity contribution is -0.131. The zero-order valence-corrected chi connectivity index (χ0v) is 22.4. The summed E-state index contributed by atoms with van der Waals surface area (Å²) in [6, 6.07) is 24.4. The third-order valence-corrected chi connectivity index (χ3v) is 6.59. The molecule has 0 bridgehead atoms. The van der Waals surface area contributed by atoms with E-state index in [4.69, 9.17) is 24.1 Å². The van der Waals surface area contributed by atoms with Crippen LogP contribution >= 0.6 is 0 Å². The van der Waals surface area contributed by atoms with E-state index < -0.39 is 11.6 Å². The molecule has 1 aliphatic rings. The fraction of sp³-hybridized carbons (Fsp3) is 0.323. The molecule has 0 aromatic heterocycles. The molecule has 202 valence electrons. The predicted octanol–water partition coefficient (Wildman–Crippen LogP) is 5.37. The van der Waals surface area contributed by atoms with Crippen molar-refractivity contribution in [3.63, 3.8) is 0 Å². The van der Waals surface area contributed by atoms with Crippen molar-refractivity contribution in [2.45, 2.75) is 18.4 Å². The van der Waals surface area contributed by atoms with Gasteiger partial charge in [-0.15, -0.1) is 0 Å². The first kappa shape index (κ1) is 28.8. The number of carboxylic acid groups (broad SMARTS) is 1. The van der Waals surface area contributed by atoms with Gasteiger partial charge in [0.1, 0.15) is 22.8 Å². The highest BCUT2D eigenvalue weighted by Crippen LogP contribution is 2.42. The summed E-state index contributed by atoms with van der Waals surface area (Å²) < 4.78 is 23.2. The van der Waals surface area contributed by atoms with E-state index in [-0.39, 0.29) is 0 Å². The first-order chi connectivity index (χ1) is 18.5. The van der Waals surface area contributed by atoms with E-state index in [1.807, 2.05) is 36.4 Å². The second kappa shape index (κ2) is 14.2. The number of nitrogens with zero attached hydrogens (tertiary/aromatic N) is 1. The van der Waals surface area contributed by atoms with Gasteiger partial charge < -0.3 is 29.0 Å². The summed E-state index contributed by atoms with van der Waals surface area (Å²) in [7, 11) is 5.05. The molecule has 3 aromatic carbocycles. The topological polar surface area (TPSA) is 77.5 Å². The highest BCUT2D eigenvalue weighted by Gasteiger charge is 2.38. The van der Waals surface area contributed by atoms with Crippen LogP contribution in [0.15, 0.2) is 85.5 Å². The Hall–Kier alpha value is -3.81. The molecule has 0 saturated carbocycles. The van der Waals surface area contributed by atoms with Crippen molar-refractivity contribution in [1.29, 1.82) is 0 Å². The minimum absolute atomic E-state index is 0.615. The fourth-order valence-corrected chi connectivity index (χ4v) is 4.56. The molecule has 0 unspecified atom stereocenters. The molecule has 1 N–H and O–H groups in total. The average molecular weight is 520 g/mol. The Bertz CT molecular complexity index is 1020. The molecule has 0 radical (unpaired) electrons. The third kappa shape index (κ3) is 7.15. The highest BCUT2D eigenvalue weighted by molar-refractivity contribution is 5.78. The summed E-state index contributed by atoms with van der Waals surface area (Å²) >= 11 is 0. The molecule has 38 heavy (non-hydrogen) atoms. The average Bonchev–Trinajstić information content (AvgIpc) is 3.50. The first-order valence-electron chi connectivity index (χ1n) is 12.6. The van der Waals surface area contributed by atoms with Crippen molar-refractivity contribution in [3.05, 3.63) is 102 Å². The maximum atomic E-state index is 9.25. The lowest BCUT2D eigenvalue weighted by Crippen LogP contribution is -2.36. The number of methoxy groups -OCH3 is 3. The molecule has 0 atom stereocenters. The van der Waals surface area contributed by atoms with E-state index in [0.717, 1.165) is 59.6 Å². The molecule has 7 nitrogen and oxygen atoms in total. The van der Waals surface area contributed by atoms with Crippen molar-refractivity contribution in [3.8, 4) is 17.2 Å². The first-order valence-corrected chi connectivity index (χ1v) is 12.6. The van der Waals surface area contributed by atoms with Crippen LogP contribution in [0, 0.1) is 0 Å². The van der Waals surface area contributed by atoms with Crippen LogP contribution in [-0.2, 0) is 15.1 Å². The van der Waals surface area contributed by atoms with Crippen LogP contribution in [0.4, 0.5) is 0 Å². The van der Waals surface area contributed by atoms with Gasteiger partial charge in [0.15, 0.2) is 0 Å². The minimum Gasteiger partial charge on any atom is -0.497 e. The molecule has 1 aliphatic heterocycles. The van der Waals surface area contributed by atoms with Crippen LogP contribution in [0.25, 0.3) is 0 Å².